The number of rotatable bonds is 11. The van der Waals surface area contributed by atoms with Crippen LogP contribution in [0.5, 0.6) is 0 Å². The number of ether oxygens (including phenoxy) is 1. The number of unbranched alkanes of at least 4 members (excludes halogenated alkanes) is 3. The summed E-state index contributed by atoms with van der Waals surface area (Å²) in [6.07, 6.45) is 13.0. The van der Waals surface area contributed by atoms with E-state index in [-0.39, 0.29) is 36.1 Å². The smallest absolute Gasteiger partial charge is 0.162 e. The van der Waals surface area contributed by atoms with E-state index in [1.165, 1.54) is 19.3 Å². The van der Waals surface area contributed by atoms with E-state index in [0.29, 0.717) is 63.9 Å². The standard InChI is InChI=1S/C41H64N2O7/c1-5-6-7-8-9-25-22-50-36(23(25)2)37(47)39(4,48)32-18-26-11-12-27-34-28(15-16-38(32,3)41(26,34)49)40(17-14-24-10-13-33(42)43-21-24)20-31(45)30(44)19-29(40)35(27)46/h10,13,21,23,25-26,28-33,36-37,43-45,47-49H,5-9,11-12,14-20,22,42H2,1-4H3/t23-,25+,26+,28-,29-,30+,31-,32-,33?,36+,37+,38+,39+,40+,41+/m0/s1. The average Bonchev–Trinajstić information content (AvgIpc) is 3.57. The number of nitrogens with one attached hydrogen (secondary N) is 1. The summed E-state index contributed by atoms with van der Waals surface area (Å²) >= 11 is 0. The molecule has 7 aliphatic rings. The van der Waals surface area contributed by atoms with E-state index in [0.717, 1.165) is 29.6 Å². The highest BCUT2D eigenvalue weighted by Gasteiger charge is 2.74. The topological polar surface area (TPSA) is 165 Å². The van der Waals surface area contributed by atoms with Crippen molar-refractivity contribution in [3.63, 3.8) is 0 Å². The van der Waals surface area contributed by atoms with Gasteiger partial charge in [0.25, 0.3) is 0 Å². The molecule has 280 valence electrons. The molecule has 0 spiro atoms. The maximum atomic E-state index is 14.7. The molecule has 7 rings (SSSR count). The molecule has 0 aromatic carbocycles. The largest absolute Gasteiger partial charge is 0.390 e. The molecule has 0 bridgehead atoms. The van der Waals surface area contributed by atoms with Crippen molar-refractivity contribution in [2.45, 2.75) is 159 Å². The second kappa shape index (κ2) is 13.4. The van der Waals surface area contributed by atoms with E-state index in [4.69, 9.17) is 10.5 Å². The highest BCUT2D eigenvalue weighted by atomic mass is 16.5. The Morgan fingerprint density at radius 1 is 1.14 bits per heavy atom. The minimum absolute atomic E-state index is 0.0278. The number of nitrogens with two attached hydrogens (primary N) is 1. The van der Waals surface area contributed by atoms with E-state index >= 15 is 0 Å². The van der Waals surface area contributed by atoms with Crippen molar-refractivity contribution in [1.82, 2.24) is 5.32 Å². The predicted molar refractivity (Wildman–Crippen MR) is 191 cm³/mol. The molecule has 9 heteroatoms. The van der Waals surface area contributed by atoms with Gasteiger partial charge < -0.3 is 41.3 Å². The van der Waals surface area contributed by atoms with Crippen LogP contribution in [0.15, 0.2) is 35.1 Å². The highest BCUT2D eigenvalue weighted by Crippen LogP contribution is 2.74. The lowest BCUT2D eigenvalue weighted by Crippen LogP contribution is -2.66. The Kier molecular flexibility index (Phi) is 9.82. The summed E-state index contributed by atoms with van der Waals surface area (Å²) in [6, 6.07) is 0. The third-order valence-electron chi connectivity index (χ3n) is 15.7. The summed E-state index contributed by atoms with van der Waals surface area (Å²) in [7, 11) is 0. The number of Topliss-reactive ketones (excluding diaryl/α,β-unsaturated/α-hetero) is 1. The van der Waals surface area contributed by atoms with Crippen LogP contribution in [-0.2, 0) is 9.53 Å². The Morgan fingerprint density at radius 2 is 1.92 bits per heavy atom. The summed E-state index contributed by atoms with van der Waals surface area (Å²) in [4.78, 5) is 14.7. The van der Waals surface area contributed by atoms with Crippen molar-refractivity contribution in [2.24, 2.45) is 52.1 Å². The van der Waals surface area contributed by atoms with Crippen molar-refractivity contribution in [3.8, 4) is 0 Å². The fourth-order valence-electron chi connectivity index (χ4n) is 12.8. The van der Waals surface area contributed by atoms with Gasteiger partial charge in [-0.15, -0.1) is 0 Å². The van der Waals surface area contributed by atoms with E-state index in [1.807, 2.05) is 18.4 Å². The highest BCUT2D eigenvalue weighted by molar-refractivity contribution is 6.00. The number of ketones is 1. The molecular formula is C41H64N2O7. The summed E-state index contributed by atoms with van der Waals surface area (Å²) < 4.78 is 6.28. The van der Waals surface area contributed by atoms with Gasteiger partial charge >= 0.3 is 0 Å². The zero-order valence-electron chi connectivity index (χ0n) is 30.8. The molecule has 0 aromatic rings. The predicted octanol–water partition coefficient (Wildman–Crippen LogP) is 4.40. The lowest BCUT2D eigenvalue weighted by atomic mass is 9.41. The van der Waals surface area contributed by atoms with Crippen LogP contribution in [0, 0.1) is 46.3 Å². The number of hydrogen-bond donors (Lipinski definition) is 7. The van der Waals surface area contributed by atoms with E-state index in [2.05, 4.69) is 26.1 Å². The number of aliphatic hydroxyl groups excluding tert-OH is 3. The number of fused-ring (bicyclic) bond motifs is 2. The van der Waals surface area contributed by atoms with Crippen LogP contribution < -0.4 is 11.1 Å². The Hall–Kier alpha value is -1.59. The van der Waals surface area contributed by atoms with Crippen molar-refractivity contribution in [3.05, 3.63) is 35.1 Å². The Labute approximate surface area is 298 Å². The normalized spacial score (nSPS) is 46.9. The minimum Gasteiger partial charge on any atom is -0.390 e. The summed E-state index contributed by atoms with van der Waals surface area (Å²) in [5.74, 6) is -0.597. The Bertz CT molecular complexity index is 1410. The molecule has 1 unspecified atom stereocenters. The number of allylic oxidation sites excluding steroid dienone is 3. The molecule has 50 heavy (non-hydrogen) atoms. The fourth-order valence-corrected chi connectivity index (χ4v) is 12.8. The fraction of sp³-hybridized carbons (Fsp3) is 0.829. The van der Waals surface area contributed by atoms with Crippen LogP contribution >= 0.6 is 0 Å². The molecule has 2 heterocycles. The van der Waals surface area contributed by atoms with Gasteiger partial charge in [0.2, 0.25) is 0 Å². The van der Waals surface area contributed by atoms with Crippen molar-refractivity contribution >= 4 is 5.78 Å². The number of carbonyl (C=O) groups excluding carboxylic acids is 1. The van der Waals surface area contributed by atoms with Gasteiger partial charge in [0.1, 0.15) is 6.10 Å². The molecular weight excluding hydrogens is 632 g/mol. The van der Waals surface area contributed by atoms with Gasteiger partial charge in [0.15, 0.2) is 5.78 Å². The van der Waals surface area contributed by atoms with Gasteiger partial charge in [0, 0.05) is 17.5 Å². The lowest BCUT2D eigenvalue weighted by Gasteiger charge is -2.64. The zero-order chi connectivity index (χ0) is 35.8. The summed E-state index contributed by atoms with van der Waals surface area (Å²) in [5, 5.41) is 63.2. The van der Waals surface area contributed by atoms with E-state index in [9.17, 15) is 30.3 Å². The average molecular weight is 697 g/mol. The van der Waals surface area contributed by atoms with Gasteiger partial charge in [-0.3, -0.25) is 4.79 Å². The van der Waals surface area contributed by atoms with Crippen LogP contribution in [0.1, 0.15) is 118 Å². The number of carbonyl (C=O) groups is 1. The SMILES string of the molecule is CCCCCC[C@@H]1CO[C@@H]([C@@H](O)[C@](C)(O)[C@H]2C[C@H]3CCC4=C5[C@H](CC[C@@]2(C)[C@]53O)[C@@]2(CCC3=CNC(N)C=C3)C[C@H](O)[C@H](O)C[C@H]2C4=O)[C@H]1C. The number of dihydropyridines is 1. The molecule has 9 nitrogen and oxygen atoms in total. The molecule has 4 fully saturated rings. The van der Waals surface area contributed by atoms with Crippen LogP contribution in [0.3, 0.4) is 0 Å². The lowest BCUT2D eigenvalue weighted by molar-refractivity contribution is -0.200. The monoisotopic (exact) mass is 696 g/mol. The van der Waals surface area contributed by atoms with Gasteiger partial charge in [-0.05, 0) is 129 Å². The van der Waals surface area contributed by atoms with Crippen LogP contribution in [0.4, 0.5) is 0 Å². The first-order valence-electron chi connectivity index (χ1n) is 20.0. The molecule has 8 N–H and O–H groups in total. The second-order valence-corrected chi connectivity index (χ2v) is 18.1. The van der Waals surface area contributed by atoms with Gasteiger partial charge in [-0.25, -0.2) is 0 Å². The third kappa shape index (κ3) is 5.46. The van der Waals surface area contributed by atoms with E-state index in [1.54, 1.807) is 6.92 Å². The van der Waals surface area contributed by atoms with Gasteiger partial charge in [-0.2, -0.15) is 0 Å². The first-order chi connectivity index (χ1) is 23.7. The number of hydrogen-bond acceptors (Lipinski definition) is 9. The summed E-state index contributed by atoms with van der Waals surface area (Å²) in [5.41, 5.74) is 4.46. The molecule has 3 saturated carbocycles. The van der Waals surface area contributed by atoms with E-state index < -0.39 is 58.3 Å². The van der Waals surface area contributed by atoms with Gasteiger partial charge in [0.05, 0.1) is 42.3 Å². The Balaban J connectivity index is 1.20. The molecule has 5 aliphatic carbocycles. The Morgan fingerprint density at radius 3 is 2.64 bits per heavy atom. The maximum Gasteiger partial charge on any atom is 0.162 e. The molecule has 2 aliphatic heterocycles. The summed E-state index contributed by atoms with van der Waals surface area (Å²) in [6.45, 7) is 8.81. The molecule has 1 saturated heterocycles. The van der Waals surface area contributed by atoms with Crippen LogP contribution in [-0.4, -0.2) is 79.7 Å². The van der Waals surface area contributed by atoms with Crippen LogP contribution in [0.2, 0.25) is 0 Å². The third-order valence-corrected chi connectivity index (χ3v) is 15.7. The zero-order valence-corrected chi connectivity index (χ0v) is 30.8. The van der Waals surface area contributed by atoms with Crippen molar-refractivity contribution in [2.75, 3.05) is 6.61 Å². The van der Waals surface area contributed by atoms with Crippen molar-refractivity contribution < 1.29 is 35.1 Å². The quantitative estimate of drug-likeness (QED) is 0.155. The van der Waals surface area contributed by atoms with Gasteiger partial charge in [-0.1, -0.05) is 52.5 Å². The van der Waals surface area contributed by atoms with Crippen LogP contribution in [0.25, 0.3) is 0 Å². The molecule has 0 amide bonds. The molecule has 0 aromatic heterocycles. The second-order valence-electron chi connectivity index (χ2n) is 18.1. The minimum atomic E-state index is -1.51. The first-order valence-corrected chi connectivity index (χ1v) is 20.0. The molecule has 0 radical (unpaired) electrons. The molecule has 15 atom stereocenters. The van der Waals surface area contributed by atoms with Crippen molar-refractivity contribution in [1.29, 1.82) is 0 Å². The first kappa shape index (κ1) is 36.8. The number of aliphatic hydroxyl groups is 5. The maximum absolute atomic E-state index is 14.7.